The van der Waals surface area contributed by atoms with Crippen LogP contribution in [0.1, 0.15) is 25.7 Å². The Kier molecular flexibility index (Phi) is 5.76. The van der Waals surface area contributed by atoms with Crippen LogP contribution in [0.2, 0.25) is 0 Å². The first-order chi connectivity index (χ1) is 7.41. The van der Waals surface area contributed by atoms with Gasteiger partial charge in [-0.3, -0.25) is 0 Å². The minimum Gasteiger partial charge on any atom is -0.229 e. The van der Waals surface area contributed by atoms with Crippen molar-refractivity contribution in [2.24, 2.45) is 0 Å². The first kappa shape index (κ1) is 16.5. The van der Waals surface area contributed by atoms with Crippen LogP contribution in [0.25, 0.3) is 0 Å². The zero-order chi connectivity index (χ0) is 13.7. The summed E-state index contributed by atoms with van der Waals surface area (Å²) in [6, 6.07) is 0. The summed E-state index contributed by atoms with van der Waals surface area (Å²) in [6.45, 7) is 0. The van der Waals surface area contributed by atoms with Gasteiger partial charge in [-0.1, -0.05) is 0 Å². The predicted molar refractivity (Wildman–Crippen MR) is 49.2 cm³/mol. The van der Waals surface area contributed by atoms with Crippen LogP contribution in [0.5, 0.6) is 0 Å². The van der Waals surface area contributed by atoms with Gasteiger partial charge in [-0.2, -0.15) is 26.3 Å². The number of halogens is 6. The third kappa shape index (κ3) is 11.8. The van der Waals surface area contributed by atoms with Gasteiger partial charge in [-0.05, 0) is 12.8 Å². The summed E-state index contributed by atoms with van der Waals surface area (Å²) in [5.41, 5.74) is 0. The van der Waals surface area contributed by atoms with Crippen molar-refractivity contribution >= 4 is 9.84 Å². The molecule has 0 aromatic rings. The van der Waals surface area contributed by atoms with Gasteiger partial charge in [0.05, 0.1) is 17.9 Å². The van der Waals surface area contributed by atoms with Crippen LogP contribution in [-0.2, 0) is 9.84 Å². The van der Waals surface area contributed by atoms with Gasteiger partial charge in [0, 0.05) is 6.42 Å². The van der Waals surface area contributed by atoms with Gasteiger partial charge in [-0.15, -0.1) is 0 Å². The van der Waals surface area contributed by atoms with Crippen LogP contribution in [0.3, 0.4) is 0 Å². The second-order valence-electron chi connectivity index (χ2n) is 3.59. The molecule has 0 heterocycles. The summed E-state index contributed by atoms with van der Waals surface area (Å²) in [5.74, 6) is -1.71. The zero-order valence-corrected chi connectivity index (χ0v) is 9.55. The van der Waals surface area contributed by atoms with Crippen molar-refractivity contribution < 1.29 is 34.8 Å². The molecule has 0 saturated carbocycles. The Morgan fingerprint density at radius 3 is 1.59 bits per heavy atom. The summed E-state index contributed by atoms with van der Waals surface area (Å²) in [4.78, 5) is 0. The van der Waals surface area contributed by atoms with Crippen LogP contribution in [0, 0.1) is 0 Å². The molecule has 0 bridgehead atoms. The molecule has 0 amide bonds. The Bertz CT molecular complexity index is 316. The molecule has 0 aromatic heterocycles. The van der Waals surface area contributed by atoms with Crippen LogP contribution >= 0.6 is 0 Å². The van der Waals surface area contributed by atoms with E-state index < -0.39 is 53.0 Å². The van der Waals surface area contributed by atoms with Crippen molar-refractivity contribution in [3.05, 3.63) is 0 Å². The lowest BCUT2D eigenvalue weighted by molar-refractivity contribution is -0.135. The molecule has 0 saturated heterocycles. The third-order valence-electron chi connectivity index (χ3n) is 1.86. The van der Waals surface area contributed by atoms with Gasteiger partial charge in [0.1, 0.15) is 0 Å². The van der Waals surface area contributed by atoms with E-state index in [9.17, 15) is 34.8 Å². The van der Waals surface area contributed by atoms with E-state index in [2.05, 4.69) is 0 Å². The highest BCUT2D eigenvalue weighted by Crippen LogP contribution is 2.23. The number of hydrogen-bond donors (Lipinski definition) is 0. The molecule has 0 spiro atoms. The average Bonchev–Trinajstić information content (AvgIpc) is 2.07. The lowest BCUT2D eigenvalue weighted by atomic mass is 10.2. The van der Waals surface area contributed by atoms with Gasteiger partial charge in [0.2, 0.25) is 0 Å². The van der Waals surface area contributed by atoms with Crippen molar-refractivity contribution in [1.82, 2.24) is 0 Å². The molecule has 0 aliphatic carbocycles. The fourth-order valence-corrected chi connectivity index (χ4v) is 2.41. The van der Waals surface area contributed by atoms with Gasteiger partial charge in [-0.25, -0.2) is 8.42 Å². The largest absolute Gasteiger partial charge is 0.390 e. The third-order valence-corrected chi connectivity index (χ3v) is 3.60. The molecule has 2 nitrogen and oxygen atoms in total. The lowest BCUT2D eigenvalue weighted by Crippen LogP contribution is -2.18. The highest BCUT2D eigenvalue weighted by Gasteiger charge is 2.30. The summed E-state index contributed by atoms with van der Waals surface area (Å²) in [7, 11) is -3.92. The summed E-state index contributed by atoms with van der Waals surface area (Å²) < 4.78 is 92.2. The van der Waals surface area contributed by atoms with E-state index in [1.54, 1.807) is 0 Å². The molecule has 0 aliphatic heterocycles. The highest BCUT2D eigenvalue weighted by molar-refractivity contribution is 7.91. The van der Waals surface area contributed by atoms with E-state index in [0.717, 1.165) is 0 Å². The molecule has 9 heteroatoms. The molecule has 0 aromatic carbocycles. The molecule has 0 N–H and O–H groups in total. The predicted octanol–water partition coefficient (Wildman–Crippen LogP) is 3.09. The molecule has 0 rings (SSSR count). The van der Waals surface area contributed by atoms with Gasteiger partial charge in [0.15, 0.2) is 9.84 Å². The number of sulfone groups is 1. The number of unbranched alkanes of at least 4 members (excludes halogenated alkanes) is 1. The molecule has 104 valence electrons. The summed E-state index contributed by atoms with van der Waals surface area (Å²) in [6.07, 6.45) is -12.2. The number of hydrogen-bond acceptors (Lipinski definition) is 2. The number of alkyl halides is 6. The Morgan fingerprint density at radius 2 is 1.18 bits per heavy atom. The molecule has 17 heavy (non-hydrogen) atoms. The van der Waals surface area contributed by atoms with Crippen LogP contribution in [0.15, 0.2) is 0 Å². The van der Waals surface area contributed by atoms with E-state index in [-0.39, 0.29) is 6.42 Å². The Balaban J connectivity index is 3.88. The molecule has 0 aliphatic rings. The van der Waals surface area contributed by atoms with Crippen LogP contribution in [-0.4, -0.2) is 32.3 Å². The SMILES string of the molecule is O=S(=O)(CCCCC(F)(F)F)CCC(F)(F)F. The second kappa shape index (κ2) is 5.92. The molecule has 0 radical (unpaired) electrons. The normalized spacial score (nSPS) is 14.0. The maximum atomic E-state index is 11.7. The zero-order valence-electron chi connectivity index (χ0n) is 8.74. The molecule has 0 unspecified atom stereocenters. The van der Waals surface area contributed by atoms with Crippen LogP contribution in [0.4, 0.5) is 26.3 Å². The van der Waals surface area contributed by atoms with E-state index in [0.29, 0.717) is 0 Å². The standard InChI is InChI=1S/C8H12F6O2S/c9-7(10,11)3-1-2-5-17(15,16)6-4-8(12,13)14/h1-6H2. The van der Waals surface area contributed by atoms with Crippen molar-refractivity contribution in [2.75, 3.05) is 11.5 Å². The quantitative estimate of drug-likeness (QED) is 0.555. The first-order valence-electron chi connectivity index (χ1n) is 4.75. The molecular formula is C8H12F6O2S. The van der Waals surface area contributed by atoms with E-state index in [1.165, 1.54) is 0 Å². The fraction of sp³-hybridized carbons (Fsp3) is 1.00. The lowest BCUT2D eigenvalue weighted by Gasteiger charge is -2.08. The van der Waals surface area contributed by atoms with Gasteiger partial charge < -0.3 is 0 Å². The fourth-order valence-electron chi connectivity index (χ4n) is 1.02. The van der Waals surface area contributed by atoms with Crippen molar-refractivity contribution in [2.45, 2.75) is 38.0 Å². The topological polar surface area (TPSA) is 34.1 Å². The van der Waals surface area contributed by atoms with E-state index in [1.807, 2.05) is 0 Å². The second-order valence-corrected chi connectivity index (χ2v) is 5.89. The Morgan fingerprint density at radius 1 is 0.706 bits per heavy atom. The van der Waals surface area contributed by atoms with Crippen molar-refractivity contribution in [3.8, 4) is 0 Å². The Hall–Kier alpha value is -0.470. The minimum absolute atomic E-state index is 0.278. The van der Waals surface area contributed by atoms with E-state index >= 15 is 0 Å². The van der Waals surface area contributed by atoms with Crippen LogP contribution < -0.4 is 0 Å². The summed E-state index contributed by atoms with van der Waals surface area (Å²) >= 11 is 0. The first-order valence-corrected chi connectivity index (χ1v) is 6.57. The monoisotopic (exact) mass is 286 g/mol. The van der Waals surface area contributed by atoms with Gasteiger partial charge >= 0.3 is 12.4 Å². The molecule has 0 atom stereocenters. The maximum Gasteiger partial charge on any atom is 0.390 e. The summed E-state index contributed by atoms with van der Waals surface area (Å²) in [5, 5.41) is 0. The highest BCUT2D eigenvalue weighted by atomic mass is 32.2. The van der Waals surface area contributed by atoms with Crippen molar-refractivity contribution in [1.29, 1.82) is 0 Å². The van der Waals surface area contributed by atoms with Crippen molar-refractivity contribution in [3.63, 3.8) is 0 Å². The average molecular weight is 286 g/mol. The smallest absolute Gasteiger partial charge is 0.229 e. The van der Waals surface area contributed by atoms with E-state index in [4.69, 9.17) is 0 Å². The molecular weight excluding hydrogens is 274 g/mol. The number of rotatable bonds is 6. The minimum atomic E-state index is -4.57. The maximum absolute atomic E-state index is 11.7. The van der Waals surface area contributed by atoms with Gasteiger partial charge in [0.25, 0.3) is 0 Å². The molecule has 0 fully saturated rings. The Labute approximate surface area is 94.9 Å².